The Balaban J connectivity index is 1.53. The van der Waals surface area contributed by atoms with Gasteiger partial charge in [0.05, 0.1) is 0 Å². The van der Waals surface area contributed by atoms with Gasteiger partial charge in [-0.1, -0.05) is 0 Å². The van der Waals surface area contributed by atoms with Crippen LogP contribution >= 0.6 is 19.3 Å². The van der Waals surface area contributed by atoms with E-state index in [4.69, 9.17) is 20.9 Å². The molecule has 0 saturated carbocycles. The van der Waals surface area contributed by atoms with Gasteiger partial charge in [0.1, 0.15) is 0 Å². The molecule has 4 unspecified atom stereocenters. The first-order valence-corrected chi connectivity index (χ1v) is 12.8. The molecule has 0 aromatic carbocycles. The number of halogens is 1. The molecule has 2 saturated heterocycles. The van der Waals surface area contributed by atoms with E-state index in [1.54, 1.807) is 4.57 Å². The summed E-state index contributed by atoms with van der Waals surface area (Å²) in [6, 6.07) is 0. The summed E-state index contributed by atoms with van der Waals surface area (Å²) in [4.78, 5) is 23.3. The number of aromatic nitrogens is 4. The molecular weight excluding hydrogens is 431 g/mol. The number of imidazole rings is 1. The van der Waals surface area contributed by atoms with E-state index in [1.807, 2.05) is 20.8 Å². The van der Waals surface area contributed by atoms with Gasteiger partial charge in [0.15, 0.2) is 0 Å². The predicted octanol–water partition coefficient (Wildman–Crippen LogP) is 2.43. The Kier molecular flexibility index (Phi) is 5.85. The zero-order valence-electron chi connectivity index (χ0n) is 17.6. The maximum atomic E-state index is 11.0. The van der Waals surface area contributed by atoms with Crippen LogP contribution in [0.3, 0.4) is 0 Å². The fourth-order valence-electron chi connectivity index (χ4n) is 4.63. The van der Waals surface area contributed by atoms with Crippen molar-refractivity contribution in [3.05, 3.63) is 17.8 Å². The van der Waals surface area contributed by atoms with Gasteiger partial charge >= 0.3 is 181 Å². The second kappa shape index (κ2) is 7.89. The Morgan fingerprint density at radius 3 is 2.63 bits per heavy atom. The topological polar surface area (TPSA) is 123 Å². The number of aliphatic hydroxyl groups is 2. The summed E-state index contributed by atoms with van der Waals surface area (Å²) >= 11 is 6.06. The SMILES string of the molecule is CCC1C(C)[PH]1(O)OC(C)(CC)C[C@H]1OC(n2cnc3c(Cl)ncnc32)[C@H](O)[C@@H]1O. The monoisotopic (exact) mass is 460 g/mol. The van der Waals surface area contributed by atoms with Crippen LogP contribution in [0.2, 0.25) is 5.15 Å². The number of hydrogen-bond donors (Lipinski definition) is 3. The van der Waals surface area contributed by atoms with E-state index in [9.17, 15) is 15.1 Å². The number of ether oxygens (including phenoxy) is 1. The molecule has 2 aliphatic heterocycles. The minimum atomic E-state index is -2.77. The molecule has 4 heterocycles. The van der Waals surface area contributed by atoms with Gasteiger partial charge in [-0.15, -0.1) is 0 Å². The quantitative estimate of drug-likeness (QED) is 0.425. The van der Waals surface area contributed by atoms with Crippen molar-refractivity contribution in [2.45, 2.75) is 88.4 Å². The predicted molar refractivity (Wildman–Crippen MR) is 115 cm³/mol. The summed E-state index contributed by atoms with van der Waals surface area (Å²) in [6.07, 6.45) is 0.838. The minimum absolute atomic E-state index is 0.197. The molecule has 0 radical (unpaired) electrons. The van der Waals surface area contributed by atoms with Gasteiger partial charge in [-0.2, -0.15) is 0 Å². The van der Waals surface area contributed by atoms with Crippen molar-refractivity contribution in [2.75, 3.05) is 0 Å². The molecule has 0 bridgehead atoms. The molecule has 7 atom stereocenters. The first-order chi connectivity index (χ1) is 14.1. The summed E-state index contributed by atoms with van der Waals surface area (Å²) in [7, 11) is -2.77. The molecule has 9 nitrogen and oxygen atoms in total. The maximum absolute atomic E-state index is 11.0. The second-order valence-corrected chi connectivity index (χ2v) is 12.4. The molecule has 3 N–H and O–H groups in total. The third kappa shape index (κ3) is 3.54. The van der Waals surface area contributed by atoms with Gasteiger partial charge in [-0.05, 0) is 0 Å². The van der Waals surface area contributed by atoms with E-state index in [0.29, 0.717) is 24.0 Å². The fourth-order valence-corrected chi connectivity index (χ4v) is 8.60. The summed E-state index contributed by atoms with van der Waals surface area (Å²) < 4.78 is 13.9. The van der Waals surface area contributed by atoms with Crippen LogP contribution in [-0.4, -0.2) is 69.9 Å². The van der Waals surface area contributed by atoms with Crippen LogP contribution in [-0.2, 0) is 9.26 Å². The Hall–Kier alpha value is -0.930. The molecule has 4 rings (SSSR count). The van der Waals surface area contributed by atoms with E-state index in [2.05, 4.69) is 21.9 Å². The van der Waals surface area contributed by atoms with E-state index >= 15 is 0 Å². The van der Waals surface area contributed by atoms with Gasteiger partial charge in [-0.25, -0.2) is 0 Å². The molecule has 11 heteroatoms. The molecule has 0 spiro atoms. The van der Waals surface area contributed by atoms with Crippen molar-refractivity contribution in [3.63, 3.8) is 0 Å². The first-order valence-electron chi connectivity index (χ1n) is 10.4. The normalized spacial score (nSPS) is 36.0. The van der Waals surface area contributed by atoms with Crippen molar-refractivity contribution in [1.82, 2.24) is 19.5 Å². The van der Waals surface area contributed by atoms with Crippen molar-refractivity contribution in [2.24, 2.45) is 0 Å². The van der Waals surface area contributed by atoms with Crippen LogP contribution < -0.4 is 0 Å². The Labute approximate surface area is 180 Å². The Morgan fingerprint density at radius 2 is 2.00 bits per heavy atom. The van der Waals surface area contributed by atoms with Crippen LogP contribution in [0, 0.1) is 0 Å². The number of nitrogens with zero attached hydrogens (tertiary/aromatic N) is 4. The fraction of sp³-hybridized carbons (Fsp3) is 0.737. The average molecular weight is 461 g/mol. The molecule has 2 fully saturated rings. The third-order valence-corrected chi connectivity index (χ3v) is 11.2. The van der Waals surface area contributed by atoms with Gasteiger partial charge < -0.3 is 0 Å². The summed E-state index contributed by atoms with van der Waals surface area (Å²) in [5.41, 5.74) is 0.583. The Bertz CT molecular complexity index is 933. The standard InChI is InChI=1S/C19H30ClN4O5P/c1-5-12-10(3)30(12,27)29-19(4,6-2)7-11-14(25)15(26)18(28-11)24-9-23-13-16(20)21-8-22-17(13)24/h8-12,14-15,18,25-27,30H,5-7H2,1-4H3/t10?,11-,12?,14-,15-,18?,19?/m1/s1. The second-order valence-electron chi connectivity index (χ2n) is 8.70. The van der Waals surface area contributed by atoms with Crippen LogP contribution in [0.5, 0.6) is 0 Å². The number of rotatable bonds is 7. The van der Waals surface area contributed by atoms with Crippen LogP contribution in [0.4, 0.5) is 0 Å². The molecule has 2 aromatic rings. The van der Waals surface area contributed by atoms with Crippen molar-refractivity contribution in [1.29, 1.82) is 0 Å². The summed E-state index contributed by atoms with van der Waals surface area (Å²) in [5.74, 6) is 0. The molecule has 0 amide bonds. The summed E-state index contributed by atoms with van der Waals surface area (Å²) in [5, 5.41) is 21.6. The van der Waals surface area contributed by atoms with E-state index < -0.39 is 37.9 Å². The van der Waals surface area contributed by atoms with Crippen molar-refractivity contribution >= 4 is 30.5 Å². The summed E-state index contributed by atoms with van der Waals surface area (Å²) in [6.45, 7) is 8.03. The van der Waals surface area contributed by atoms with Crippen LogP contribution in [0.1, 0.15) is 53.2 Å². The van der Waals surface area contributed by atoms with Crippen molar-refractivity contribution < 1.29 is 24.4 Å². The third-order valence-electron chi connectivity index (χ3n) is 6.83. The van der Waals surface area contributed by atoms with Gasteiger partial charge in [-0.3, -0.25) is 0 Å². The van der Waals surface area contributed by atoms with Gasteiger partial charge in [0.25, 0.3) is 0 Å². The first kappa shape index (κ1) is 22.3. The van der Waals surface area contributed by atoms with E-state index in [1.165, 1.54) is 12.7 Å². The van der Waals surface area contributed by atoms with E-state index in [-0.39, 0.29) is 16.5 Å². The van der Waals surface area contributed by atoms with Gasteiger partial charge in [0.2, 0.25) is 0 Å². The zero-order valence-corrected chi connectivity index (χ0v) is 19.3. The van der Waals surface area contributed by atoms with Crippen LogP contribution in [0.25, 0.3) is 11.2 Å². The van der Waals surface area contributed by atoms with Crippen LogP contribution in [0.15, 0.2) is 12.7 Å². The Morgan fingerprint density at radius 1 is 1.27 bits per heavy atom. The average Bonchev–Trinajstić information content (AvgIpc) is 3.01. The molecule has 0 aliphatic carbocycles. The molecular formula is C19H30ClN4O5P. The molecule has 168 valence electrons. The zero-order chi connectivity index (χ0) is 21.8. The van der Waals surface area contributed by atoms with E-state index in [0.717, 1.165) is 6.42 Å². The van der Waals surface area contributed by atoms with Crippen molar-refractivity contribution in [3.8, 4) is 0 Å². The molecule has 30 heavy (non-hydrogen) atoms. The molecule has 2 aromatic heterocycles. The number of hydrogen-bond acceptors (Lipinski definition) is 8. The number of aliphatic hydroxyl groups excluding tert-OH is 2. The van der Waals surface area contributed by atoms with Gasteiger partial charge in [0, 0.05) is 0 Å². The molecule has 2 aliphatic rings. The number of fused-ring (bicyclic) bond motifs is 1.